The van der Waals surface area contributed by atoms with Crippen molar-refractivity contribution in [2.75, 3.05) is 31.1 Å². The number of primary amides is 3. The minimum Gasteiger partial charge on any atom is -0.508 e. The van der Waals surface area contributed by atoms with Gasteiger partial charge < -0.3 is 81.6 Å². The van der Waals surface area contributed by atoms with Crippen LogP contribution in [0, 0.1) is 0 Å². The highest BCUT2D eigenvalue weighted by Crippen LogP contribution is 2.20. The number of aromatic hydroxyl groups is 1. The number of nitrogens with zero attached hydrogens (tertiary/aromatic N) is 2. The number of nitrogens with one attached hydrogen (secondary N) is 7. The minimum absolute atomic E-state index is 0.0193. The zero-order valence-corrected chi connectivity index (χ0v) is 43.4. The average Bonchev–Trinajstić information content (AvgIpc) is 3.38. The van der Waals surface area contributed by atoms with Gasteiger partial charge in [0.2, 0.25) is 65.0 Å². The molecule has 2 aromatic carbocycles. The molecule has 0 spiro atoms. The van der Waals surface area contributed by atoms with E-state index in [1.54, 1.807) is 30.3 Å². The summed E-state index contributed by atoms with van der Waals surface area (Å²) in [5, 5.41) is 27.3. The highest BCUT2D eigenvalue weighted by molar-refractivity contribution is 7.80. The SMILES string of the molecule is NC(=O)CC[C@H](NC(=O)[C@H](Cc1ccccc1)NC(=O)[C@H](Cc1ccc(O)cc1)NC(=O)[C@@H](N)CS)C(=O)N[C@@H](CC(N)=O)C(=O)N[C@@H](CS)C(=O)N1CCCC[C@H]1C(=O)N[C@@H](CCCN=C(N)N)C(=O)NCC(N)=O. The number of hydrogen-bond donors (Lipinski definition) is 16. The number of aliphatic imine (C=N–C) groups is 1. The van der Waals surface area contributed by atoms with Gasteiger partial charge in [-0.3, -0.25) is 57.7 Å². The number of guanidine groups is 1. The van der Waals surface area contributed by atoms with E-state index in [2.05, 4.69) is 67.5 Å². The summed E-state index contributed by atoms with van der Waals surface area (Å²) < 4.78 is 0. The molecule has 1 fully saturated rings. The van der Waals surface area contributed by atoms with E-state index in [0.717, 1.165) is 0 Å². The Morgan fingerprint density at radius 3 is 1.71 bits per heavy atom. The fourth-order valence-electron chi connectivity index (χ4n) is 7.74. The summed E-state index contributed by atoms with van der Waals surface area (Å²) >= 11 is 8.33. The van der Waals surface area contributed by atoms with Gasteiger partial charge in [0.05, 0.1) is 19.0 Å². The molecule has 0 aliphatic carbocycles. The van der Waals surface area contributed by atoms with Gasteiger partial charge in [-0.2, -0.15) is 25.3 Å². The quantitative estimate of drug-likeness (QED) is 0.0145. The van der Waals surface area contributed by atoms with E-state index < -0.39 is 139 Å². The van der Waals surface area contributed by atoms with Crippen molar-refractivity contribution in [3.05, 3.63) is 65.7 Å². The van der Waals surface area contributed by atoms with Crippen molar-refractivity contribution in [1.82, 2.24) is 42.1 Å². The standard InChI is InChI=1S/C47H69N15O12S2/c48-28(23-75)39(67)58-31(20-26-11-13-27(63)14-12-26)43(71)59-32(19-25-7-2-1-3-8-25)42(70)56-30(15-16-36(49)64)41(69)60-33(21-37(50)65)44(72)61-34(24-76)46(74)62-18-5-4-10-35(62)45(73)57-29(9-6-17-54-47(52)53)40(68)55-22-38(51)66/h1-3,7-8,11-14,28-35,63,75-76H,4-6,9-10,15-24,48H2,(H2,49,64)(H2,50,65)(H2,51,66)(H,55,68)(H,56,70)(H,57,73)(H,58,67)(H,59,71)(H,60,69)(H,61,72)(H4,52,53,54)/t28-,29-,30-,31-,32-,33-,34-,35-/m0/s1. The van der Waals surface area contributed by atoms with Gasteiger partial charge in [0.15, 0.2) is 5.96 Å². The fourth-order valence-corrected chi connectivity index (χ4v) is 8.16. The zero-order chi connectivity index (χ0) is 56.5. The maximum Gasteiger partial charge on any atom is 0.246 e. The summed E-state index contributed by atoms with van der Waals surface area (Å²) in [6, 6.07) is 2.95. The first kappa shape index (κ1) is 62.6. The lowest BCUT2D eigenvalue weighted by atomic mass is 9.99. The molecule has 27 nitrogen and oxygen atoms in total. The van der Waals surface area contributed by atoms with Crippen LogP contribution < -0.4 is 71.6 Å². The molecule has 416 valence electrons. The van der Waals surface area contributed by atoms with Crippen LogP contribution in [0.5, 0.6) is 5.75 Å². The number of phenols is 1. The largest absolute Gasteiger partial charge is 0.508 e. The zero-order valence-electron chi connectivity index (χ0n) is 41.6. The number of thiol groups is 2. The normalized spacial score (nSPS) is 15.8. The molecule has 1 aliphatic rings. The van der Waals surface area contributed by atoms with Crippen molar-refractivity contribution >= 4 is 96.2 Å². The van der Waals surface area contributed by atoms with E-state index in [1.165, 1.54) is 29.2 Å². The highest BCUT2D eigenvalue weighted by Gasteiger charge is 2.39. The molecule has 3 rings (SSSR count). The number of phenolic OH excluding ortho intramolecular Hbond substituents is 1. The highest BCUT2D eigenvalue weighted by atomic mass is 32.1. The van der Waals surface area contributed by atoms with Gasteiger partial charge in [-0.25, -0.2) is 0 Å². The molecule has 1 heterocycles. The second-order valence-electron chi connectivity index (χ2n) is 17.8. The molecule has 76 heavy (non-hydrogen) atoms. The first-order chi connectivity index (χ1) is 36.0. The maximum atomic E-state index is 14.3. The lowest BCUT2D eigenvalue weighted by Crippen LogP contribution is -2.62. The van der Waals surface area contributed by atoms with E-state index in [0.29, 0.717) is 24.0 Å². The number of benzene rings is 2. The van der Waals surface area contributed by atoms with Gasteiger partial charge in [-0.15, -0.1) is 0 Å². The summed E-state index contributed by atoms with van der Waals surface area (Å²) in [4.78, 5) is 151. The van der Waals surface area contributed by atoms with Crippen molar-refractivity contribution in [2.24, 2.45) is 39.4 Å². The van der Waals surface area contributed by atoms with Crippen LogP contribution in [0.3, 0.4) is 0 Å². The number of piperidine rings is 1. The topological polar surface area (TPSA) is 464 Å². The monoisotopic (exact) mass is 1100 g/mol. The number of amides is 11. The fraction of sp³-hybridized carbons (Fsp3) is 0.489. The van der Waals surface area contributed by atoms with Crippen LogP contribution in [-0.2, 0) is 65.6 Å². The number of rotatable bonds is 31. The third-order valence-electron chi connectivity index (χ3n) is 11.7. The van der Waals surface area contributed by atoms with Gasteiger partial charge in [-0.05, 0) is 61.8 Å². The summed E-state index contributed by atoms with van der Waals surface area (Å²) in [6.45, 7) is -0.383. The predicted octanol–water partition coefficient (Wildman–Crippen LogP) is -5.55. The van der Waals surface area contributed by atoms with E-state index >= 15 is 0 Å². The van der Waals surface area contributed by atoms with E-state index in [4.69, 9.17) is 34.4 Å². The predicted molar refractivity (Wildman–Crippen MR) is 283 cm³/mol. The Labute approximate surface area is 449 Å². The second-order valence-corrected chi connectivity index (χ2v) is 18.5. The Kier molecular flexibility index (Phi) is 26.3. The first-order valence-corrected chi connectivity index (χ1v) is 25.4. The molecule has 11 amide bonds. The van der Waals surface area contributed by atoms with Crippen molar-refractivity contribution in [3.8, 4) is 5.75 Å². The lowest BCUT2D eigenvalue weighted by Gasteiger charge is -2.37. The van der Waals surface area contributed by atoms with Gasteiger partial charge in [0.25, 0.3) is 0 Å². The van der Waals surface area contributed by atoms with Gasteiger partial charge in [0, 0.05) is 43.9 Å². The van der Waals surface area contributed by atoms with E-state index in [1.807, 2.05) is 0 Å². The molecule has 20 N–H and O–H groups in total. The van der Waals surface area contributed by atoms with Crippen molar-refractivity contribution in [3.63, 3.8) is 0 Å². The van der Waals surface area contributed by atoms with E-state index in [-0.39, 0.29) is 68.4 Å². The van der Waals surface area contributed by atoms with Crippen LogP contribution >= 0.6 is 25.3 Å². The summed E-state index contributed by atoms with van der Waals surface area (Å²) in [6.07, 6.45) is -0.737. The number of carbonyl (C=O) groups excluding carboxylic acids is 11. The molecular formula is C47H69N15O12S2. The number of carbonyl (C=O) groups is 11. The van der Waals surface area contributed by atoms with Crippen LogP contribution in [0.1, 0.15) is 62.5 Å². The minimum atomic E-state index is -1.81. The molecule has 0 saturated carbocycles. The second kappa shape index (κ2) is 31.9. The molecule has 0 bridgehead atoms. The van der Waals surface area contributed by atoms with Crippen LogP contribution in [0.15, 0.2) is 59.6 Å². The smallest absolute Gasteiger partial charge is 0.246 e. The molecule has 1 saturated heterocycles. The summed E-state index contributed by atoms with van der Waals surface area (Å²) in [5.41, 5.74) is 33.8. The molecular weight excluding hydrogens is 1030 g/mol. The Balaban J connectivity index is 1.88. The van der Waals surface area contributed by atoms with Crippen LogP contribution in [-0.4, -0.2) is 160 Å². The molecule has 0 radical (unpaired) electrons. The van der Waals surface area contributed by atoms with Gasteiger partial charge in [0.1, 0.15) is 48.0 Å². The molecule has 2 aromatic rings. The number of likely N-dealkylation sites (tertiary alicyclic amines) is 1. The van der Waals surface area contributed by atoms with Crippen molar-refractivity contribution < 1.29 is 57.8 Å². The first-order valence-electron chi connectivity index (χ1n) is 24.1. The van der Waals surface area contributed by atoms with Crippen LogP contribution in [0.4, 0.5) is 0 Å². The van der Waals surface area contributed by atoms with Crippen molar-refractivity contribution in [1.29, 1.82) is 0 Å². The van der Waals surface area contributed by atoms with Crippen molar-refractivity contribution in [2.45, 2.75) is 113 Å². The third kappa shape index (κ3) is 21.7. The lowest BCUT2D eigenvalue weighted by molar-refractivity contribution is -0.145. The molecule has 0 unspecified atom stereocenters. The third-order valence-corrected chi connectivity index (χ3v) is 12.5. The molecule has 29 heteroatoms. The number of nitrogens with two attached hydrogens (primary N) is 6. The molecule has 0 aromatic heterocycles. The Morgan fingerprint density at radius 1 is 0.605 bits per heavy atom. The van der Waals surface area contributed by atoms with E-state index in [9.17, 15) is 57.8 Å². The summed E-state index contributed by atoms with van der Waals surface area (Å²) in [5.74, 6) is -10.5. The number of hydrogen-bond acceptors (Lipinski definition) is 16. The Bertz CT molecular complexity index is 2400. The van der Waals surface area contributed by atoms with Gasteiger partial charge in [-0.1, -0.05) is 42.5 Å². The Hall–Kier alpha value is -7.66. The van der Waals surface area contributed by atoms with Crippen LogP contribution in [0.2, 0.25) is 0 Å². The average molecular weight is 1100 g/mol. The Morgan fingerprint density at radius 2 is 1.14 bits per heavy atom. The molecule has 8 atom stereocenters. The summed E-state index contributed by atoms with van der Waals surface area (Å²) in [7, 11) is 0. The maximum absolute atomic E-state index is 14.3. The molecule has 1 aliphatic heterocycles. The van der Waals surface area contributed by atoms with Gasteiger partial charge >= 0.3 is 0 Å². The van der Waals surface area contributed by atoms with Crippen LogP contribution in [0.25, 0.3) is 0 Å².